The highest BCUT2D eigenvalue weighted by Gasteiger charge is 2.46. The number of amides is 1. The van der Waals surface area contributed by atoms with Gasteiger partial charge in [-0.3, -0.25) is 23.9 Å². The van der Waals surface area contributed by atoms with Crippen molar-refractivity contribution in [2.45, 2.75) is 30.7 Å². The number of carboxylic acids is 1. The molecule has 2 N–H and O–H groups in total. The van der Waals surface area contributed by atoms with Crippen LogP contribution in [0.5, 0.6) is 0 Å². The third-order valence-corrected chi connectivity index (χ3v) is 8.59. The smallest absolute Gasteiger partial charge is 0.351 e. The van der Waals surface area contributed by atoms with Gasteiger partial charge in [-0.15, -0.1) is 0 Å². The molecule has 1 aromatic heterocycles. The van der Waals surface area contributed by atoms with Crippen molar-refractivity contribution >= 4 is 23.7 Å². The van der Waals surface area contributed by atoms with Crippen molar-refractivity contribution in [3.63, 3.8) is 0 Å². The summed E-state index contributed by atoms with van der Waals surface area (Å²) < 4.78 is 13.3. The van der Waals surface area contributed by atoms with E-state index in [9.17, 15) is 19.2 Å². The van der Waals surface area contributed by atoms with E-state index < -0.39 is 41.4 Å². The number of nitrogens with zero attached hydrogens (tertiary/aromatic N) is 3. The molecule has 0 saturated carbocycles. The normalized spacial score (nSPS) is 16.3. The highest BCUT2D eigenvalue weighted by Crippen LogP contribution is 2.44. The van der Waals surface area contributed by atoms with E-state index in [2.05, 4.69) is 51.6 Å². The Balaban J connectivity index is 1.40. The molecule has 254 valence electrons. The fourth-order valence-corrected chi connectivity index (χ4v) is 6.37. The molecule has 1 amide bonds. The van der Waals surface area contributed by atoms with Gasteiger partial charge in [-0.25, -0.2) is 4.79 Å². The molecule has 1 aliphatic rings. The maximum Gasteiger partial charge on any atom is 0.351 e. The zero-order valence-corrected chi connectivity index (χ0v) is 27.1. The number of anilines is 1. The molecule has 2 atom stereocenters. The van der Waals surface area contributed by atoms with E-state index in [0.29, 0.717) is 5.56 Å². The van der Waals surface area contributed by atoms with Crippen LogP contribution in [0.15, 0.2) is 138 Å². The molecule has 6 rings (SSSR count). The van der Waals surface area contributed by atoms with Crippen LogP contribution in [0.25, 0.3) is 0 Å². The molecule has 11 heteroatoms. The third kappa shape index (κ3) is 7.54. The van der Waals surface area contributed by atoms with Gasteiger partial charge in [0.1, 0.15) is 18.5 Å². The fraction of sp³-hybridized carbons (Fsp3) is 0.205. The Morgan fingerprint density at radius 2 is 1.32 bits per heavy atom. The van der Waals surface area contributed by atoms with Crippen molar-refractivity contribution in [2.75, 3.05) is 25.0 Å². The van der Waals surface area contributed by atoms with Crippen LogP contribution in [0.1, 0.15) is 46.1 Å². The third-order valence-electron chi connectivity index (χ3n) is 8.59. The van der Waals surface area contributed by atoms with Crippen molar-refractivity contribution in [1.29, 1.82) is 0 Å². The Bertz CT molecular complexity index is 1880. The minimum Gasteiger partial charge on any atom is -0.481 e. The number of ether oxygens (including phenoxy) is 2. The number of aromatic nitrogens is 2. The summed E-state index contributed by atoms with van der Waals surface area (Å²) in [4.78, 5) is 56.3. The molecule has 1 saturated heterocycles. The summed E-state index contributed by atoms with van der Waals surface area (Å²) in [6.07, 6.45) is -0.721. The second-order valence-corrected chi connectivity index (χ2v) is 11.8. The number of aliphatic carboxylic acids is 1. The van der Waals surface area contributed by atoms with Crippen molar-refractivity contribution in [3.05, 3.63) is 166 Å². The first-order chi connectivity index (χ1) is 24.3. The molecule has 1 aliphatic heterocycles. The highest BCUT2D eigenvalue weighted by molar-refractivity contribution is 6.03. The number of hydrogen-bond acceptors (Lipinski definition) is 8. The minimum absolute atomic E-state index is 0.0869. The summed E-state index contributed by atoms with van der Waals surface area (Å²) in [6.45, 7) is 0.335. The van der Waals surface area contributed by atoms with Crippen LogP contribution in [-0.4, -0.2) is 63.2 Å². The number of morpholine rings is 1. The minimum atomic E-state index is -1.10. The number of nitrogens with one attached hydrogen (secondary N) is 1. The SMILES string of the molecule is O=C(O)CCC(=O)OCC1CN(C(c2ccccc2)(c2ccccc2)c2ccccc2)CC(n2ccc(NC(=O)c3ccccc3)nc2=O)O1. The summed E-state index contributed by atoms with van der Waals surface area (Å²) in [7, 11) is 0. The second-order valence-electron chi connectivity index (χ2n) is 11.8. The first-order valence-electron chi connectivity index (χ1n) is 16.2. The van der Waals surface area contributed by atoms with Gasteiger partial charge in [0.05, 0.1) is 18.4 Å². The number of carboxylic acid groups (broad SMARTS) is 1. The number of benzene rings is 4. The van der Waals surface area contributed by atoms with Crippen molar-refractivity contribution in [3.8, 4) is 0 Å². The van der Waals surface area contributed by atoms with Crippen LogP contribution in [0.4, 0.5) is 5.82 Å². The zero-order valence-electron chi connectivity index (χ0n) is 27.1. The van der Waals surface area contributed by atoms with E-state index in [1.165, 1.54) is 16.8 Å². The predicted molar refractivity (Wildman–Crippen MR) is 185 cm³/mol. The lowest BCUT2D eigenvalue weighted by Gasteiger charge is -2.50. The van der Waals surface area contributed by atoms with Crippen LogP contribution in [0.2, 0.25) is 0 Å². The largest absolute Gasteiger partial charge is 0.481 e. The molecule has 1 fully saturated rings. The lowest BCUT2D eigenvalue weighted by molar-refractivity contribution is -0.171. The Labute approximate surface area is 288 Å². The summed E-state index contributed by atoms with van der Waals surface area (Å²) in [5, 5.41) is 11.7. The van der Waals surface area contributed by atoms with E-state index in [-0.39, 0.29) is 38.4 Å². The van der Waals surface area contributed by atoms with Gasteiger partial charge in [0.25, 0.3) is 5.91 Å². The summed E-state index contributed by atoms with van der Waals surface area (Å²) >= 11 is 0. The van der Waals surface area contributed by atoms with Gasteiger partial charge >= 0.3 is 17.6 Å². The Hall–Kier alpha value is -5.91. The molecule has 4 aromatic carbocycles. The second kappa shape index (κ2) is 15.5. The molecule has 2 heterocycles. The summed E-state index contributed by atoms with van der Waals surface area (Å²) in [5.74, 6) is -2.08. The lowest BCUT2D eigenvalue weighted by Crippen LogP contribution is -2.58. The number of carbonyl (C=O) groups is 3. The molecule has 5 aromatic rings. The summed E-state index contributed by atoms with van der Waals surface area (Å²) in [6, 6.07) is 40.2. The van der Waals surface area contributed by atoms with Gasteiger partial charge < -0.3 is 19.9 Å². The van der Waals surface area contributed by atoms with Gasteiger partial charge in [-0.05, 0) is 34.9 Å². The van der Waals surface area contributed by atoms with Crippen molar-refractivity contribution < 1.29 is 29.0 Å². The number of carbonyl (C=O) groups excluding carboxylic acids is 2. The fourth-order valence-electron chi connectivity index (χ4n) is 6.37. The molecule has 0 aliphatic carbocycles. The van der Waals surface area contributed by atoms with Crippen LogP contribution in [0, 0.1) is 0 Å². The van der Waals surface area contributed by atoms with E-state index in [1.54, 1.807) is 30.3 Å². The van der Waals surface area contributed by atoms with Gasteiger partial charge in [-0.1, -0.05) is 109 Å². The Kier molecular flexibility index (Phi) is 10.6. The number of rotatable bonds is 12. The maximum atomic E-state index is 13.6. The van der Waals surface area contributed by atoms with E-state index in [0.717, 1.165) is 16.7 Å². The Morgan fingerprint density at radius 1 is 0.780 bits per heavy atom. The van der Waals surface area contributed by atoms with Gasteiger partial charge in [0.15, 0.2) is 6.23 Å². The average Bonchev–Trinajstić information content (AvgIpc) is 3.15. The number of esters is 1. The highest BCUT2D eigenvalue weighted by atomic mass is 16.6. The van der Waals surface area contributed by atoms with Gasteiger partial charge in [-0.2, -0.15) is 4.98 Å². The topological polar surface area (TPSA) is 140 Å². The molecule has 0 radical (unpaired) electrons. The first kappa shape index (κ1) is 34.0. The van der Waals surface area contributed by atoms with Crippen LogP contribution >= 0.6 is 0 Å². The first-order valence-corrected chi connectivity index (χ1v) is 16.2. The van der Waals surface area contributed by atoms with Crippen LogP contribution in [-0.2, 0) is 24.6 Å². The monoisotopic (exact) mass is 672 g/mol. The molecule has 0 spiro atoms. The van der Waals surface area contributed by atoms with Crippen LogP contribution < -0.4 is 11.0 Å². The zero-order chi connectivity index (χ0) is 34.9. The maximum absolute atomic E-state index is 13.6. The number of hydrogen-bond donors (Lipinski definition) is 2. The van der Waals surface area contributed by atoms with E-state index in [4.69, 9.17) is 14.6 Å². The quantitative estimate of drug-likeness (QED) is 0.137. The van der Waals surface area contributed by atoms with Gasteiger partial charge in [0.2, 0.25) is 0 Å². The summed E-state index contributed by atoms with van der Waals surface area (Å²) in [5.41, 5.74) is 1.81. The van der Waals surface area contributed by atoms with E-state index in [1.807, 2.05) is 54.6 Å². The van der Waals surface area contributed by atoms with Crippen molar-refractivity contribution in [2.24, 2.45) is 0 Å². The van der Waals surface area contributed by atoms with Crippen molar-refractivity contribution in [1.82, 2.24) is 14.5 Å². The lowest BCUT2D eigenvalue weighted by atomic mass is 9.75. The average molecular weight is 673 g/mol. The van der Waals surface area contributed by atoms with Crippen LogP contribution in [0.3, 0.4) is 0 Å². The molecular weight excluding hydrogens is 636 g/mol. The molecule has 2 unspecified atom stereocenters. The molecule has 11 nitrogen and oxygen atoms in total. The van der Waals surface area contributed by atoms with Gasteiger partial charge in [0, 0.05) is 24.8 Å². The Morgan fingerprint density at radius 3 is 1.84 bits per heavy atom. The molecular formula is C39H36N4O7. The standard InChI is InChI=1S/C39H36N4O7/c44-35(45)21-22-36(46)49-27-32-25-42(26-34(50-32)43-24-23-33(41-38(43)48)40-37(47)28-13-5-1-6-14-28)39(29-15-7-2-8-16-29,30-17-9-3-10-18-30)31-19-11-4-12-20-31/h1-20,23-24,32,34H,21-22,25-27H2,(H,44,45)(H,40,41,47,48). The molecule has 0 bridgehead atoms. The molecule has 50 heavy (non-hydrogen) atoms. The predicted octanol–water partition coefficient (Wildman–Crippen LogP) is 5.10. The van der Waals surface area contributed by atoms with E-state index >= 15 is 0 Å².